The van der Waals surface area contributed by atoms with E-state index in [1.165, 1.54) is 24.1 Å². The van der Waals surface area contributed by atoms with Crippen LogP contribution in [-0.4, -0.2) is 66.0 Å². The van der Waals surface area contributed by atoms with E-state index in [-0.39, 0.29) is 41.6 Å². The number of fused-ring (bicyclic) bond motifs is 1. The summed E-state index contributed by atoms with van der Waals surface area (Å²) >= 11 is 1.02. The maximum absolute atomic E-state index is 12.4. The van der Waals surface area contributed by atoms with Gasteiger partial charge in [-0.15, -0.1) is 11.8 Å². The summed E-state index contributed by atoms with van der Waals surface area (Å²) in [7, 11) is 2.96. The lowest BCUT2D eigenvalue weighted by molar-refractivity contribution is -0.136. The van der Waals surface area contributed by atoms with Crippen molar-refractivity contribution in [1.82, 2.24) is 4.90 Å². The number of carboxylic acids is 1. The van der Waals surface area contributed by atoms with Crippen LogP contribution in [0.3, 0.4) is 0 Å². The van der Waals surface area contributed by atoms with Gasteiger partial charge in [0.05, 0.1) is 19.1 Å². The van der Waals surface area contributed by atoms with E-state index < -0.39 is 17.2 Å². The van der Waals surface area contributed by atoms with Crippen molar-refractivity contribution in [2.45, 2.75) is 11.7 Å². The van der Waals surface area contributed by atoms with E-state index in [2.05, 4.69) is 0 Å². The van der Waals surface area contributed by atoms with Crippen molar-refractivity contribution in [3.8, 4) is 11.5 Å². The number of phenols is 1. The van der Waals surface area contributed by atoms with Crippen LogP contribution in [0.25, 0.3) is 0 Å². The zero-order valence-corrected chi connectivity index (χ0v) is 14.7. The number of rotatable bonds is 2. The fourth-order valence-corrected chi connectivity index (χ4v) is 3.56. The number of carbonyl (C=O) groups excluding carboxylic acids is 2. The maximum Gasteiger partial charge on any atom is 0.338 e. The molecule has 2 rings (SSSR count). The number of hydrogen-bond acceptors (Lipinski definition) is 7. The Labute approximate surface area is 148 Å². The molecule has 1 aromatic rings. The van der Waals surface area contributed by atoms with Gasteiger partial charge in [0.1, 0.15) is 23.4 Å². The molecule has 1 aliphatic heterocycles. The van der Waals surface area contributed by atoms with Crippen LogP contribution in [0.1, 0.15) is 27.6 Å². The van der Waals surface area contributed by atoms with Crippen LogP contribution in [0.4, 0.5) is 0 Å². The number of amides is 1. The molecule has 0 radical (unpaired) electrons. The van der Waals surface area contributed by atoms with Crippen LogP contribution in [0.15, 0.2) is 12.1 Å². The molecule has 0 aromatic heterocycles. The number of aromatic hydroxyl groups is 1. The molecule has 0 bridgehead atoms. The van der Waals surface area contributed by atoms with Crippen LogP contribution in [0.5, 0.6) is 11.5 Å². The highest BCUT2D eigenvalue weighted by Gasteiger charge is 2.31. The molecule has 8 nitrogen and oxygen atoms in total. The third-order valence-corrected chi connectivity index (χ3v) is 4.95. The van der Waals surface area contributed by atoms with Crippen LogP contribution >= 0.6 is 11.8 Å². The van der Waals surface area contributed by atoms with Crippen molar-refractivity contribution >= 4 is 29.6 Å². The predicted molar refractivity (Wildman–Crippen MR) is 90.0 cm³/mol. The standard InChI is InChI=1S/C16H19NO7S/c1-17-4-6-25-14(15(20)21)13-10(7-9(23-2)8-11(13)18)16(22)24-5-3-12(17)19/h7-8,14,18H,3-6H2,1-2H3,(H,20,21)/t14-/m1/s1. The Balaban J connectivity index is 2.51. The van der Waals surface area contributed by atoms with Crippen LogP contribution in [-0.2, 0) is 14.3 Å². The number of ether oxygens (including phenoxy) is 2. The summed E-state index contributed by atoms with van der Waals surface area (Å²) in [6, 6.07) is 2.58. The highest BCUT2D eigenvalue weighted by atomic mass is 32.2. The molecule has 9 heteroatoms. The van der Waals surface area contributed by atoms with Gasteiger partial charge in [0, 0.05) is 31.0 Å². The minimum Gasteiger partial charge on any atom is -0.507 e. The van der Waals surface area contributed by atoms with E-state index in [9.17, 15) is 24.6 Å². The van der Waals surface area contributed by atoms with Crippen molar-refractivity contribution < 1.29 is 34.1 Å². The van der Waals surface area contributed by atoms with Gasteiger partial charge in [0.2, 0.25) is 5.91 Å². The van der Waals surface area contributed by atoms with Gasteiger partial charge in [0.25, 0.3) is 0 Å². The van der Waals surface area contributed by atoms with E-state index in [1.54, 1.807) is 7.05 Å². The Morgan fingerprint density at radius 3 is 2.76 bits per heavy atom. The Morgan fingerprint density at radius 1 is 1.40 bits per heavy atom. The molecule has 0 saturated carbocycles. The quantitative estimate of drug-likeness (QED) is 0.750. The lowest BCUT2D eigenvalue weighted by atomic mass is 10.0. The average Bonchev–Trinajstić information content (AvgIpc) is 2.57. The number of thioether (sulfide) groups is 1. The number of benzene rings is 1. The maximum atomic E-state index is 12.4. The molecule has 0 spiro atoms. The van der Waals surface area contributed by atoms with Gasteiger partial charge >= 0.3 is 11.9 Å². The molecule has 0 unspecified atom stereocenters. The highest BCUT2D eigenvalue weighted by Crippen LogP contribution is 2.40. The van der Waals surface area contributed by atoms with Crippen molar-refractivity contribution in [3.63, 3.8) is 0 Å². The van der Waals surface area contributed by atoms with Crippen LogP contribution in [0, 0.1) is 0 Å². The monoisotopic (exact) mass is 369 g/mol. The van der Waals surface area contributed by atoms with Crippen LogP contribution in [0.2, 0.25) is 0 Å². The molecule has 1 atom stereocenters. The lowest BCUT2D eigenvalue weighted by Crippen LogP contribution is -2.31. The molecular formula is C16H19NO7S. The first kappa shape index (κ1) is 18.9. The summed E-state index contributed by atoms with van der Waals surface area (Å²) < 4.78 is 10.1. The number of nitrogens with zero attached hydrogens (tertiary/aromatic N) is 1. The zero-order valence-electron chi connectivity index (χ0n) is 13.9. The van der Waals surface area contributed by atoms with E-state index in [4.69, 9.17) is 9.47 Å². The number of aliphatic carboxylic acids is 1. The number of phenolic OH excluding ortho intramolecular Hbond substituents is 1. The van der Waals surface area contributed by atoms with Gasteiger partial charge < -0.3 is 24.6 Å². The Hall–Kier alpha value is -2.42. The summed E-state index contributed by atoms with van der Waals surface area (Å²) in [5.41, 5.74) is -0.115. The Bertz CT molecular complexity index is 691. The Kier molecular flexibility index (Phi) is 6.13. The minimum absolute atomic E-state index is 0.0283. The summed E-state index contributed by atoms with van der Waals surface area (Å²) in [5.74, 6) is -2.04. The summed E-state index contributed by atoms with van der Waals surface area (Å²) in [6.07, 6.45) is 0.0283. The molecule has 2 N–H and O–H groups in total. The number of esters is 1. The third-order valence-electron chi connectivity index (χ3n) is 3.76. The molecule has 1 heterocycles. The molecule has 25 heavy (non-hydrogen) atoms. The molecule has 1 aliphatic rings. The smallest absolute Gasteiger partial charge is 0.338 e. The lowest BCUT2D eigenvalue weighted by Gasteiger charge is -2.22. The van der Waals surface area contributed by atoms with Crippen molar-refractivity contribution in [2.24, 2.45) is 0 Å². The summed E-state index contributed by atoms with van der Waals surface area (Å²) in [4.78, 5) is 37.4. The first-order chi connectivity index (χ1) is 11.8. The van der Waals surface area contributed by atoms with Gasteiger partial charge in [-0.2, -0.15) is 0 Å². The summed E-state index contributed by atoms with van der Waals surface area (Å²) in [5, 5.41) is 18.6. The second-order valence-electron chi connectivity index (χ2n) is 5.40. The molecule has 1 amide bonds. The molecule has 0 saturated heterocycles. The molecular weight excluding hydrogens is 350 g/mol. The minimum atomic E-state index is -1.20. The fourth-order valence-electron chi connectivity index (χ4n) is 2.38. The molecule has 1 aromatic carbocycles. The second kappa shape index (κ2) is 8.11. The predicted octanol–water partition coefficient (Wildman–Crippen LogP) is 1.28. The molecule has 0 fully saturated rings. The van der Waals surface area contributed by atoms with Gasteiger partial charge in [-0.05, 0) is 6.07 Å². The van der Waals surface area contributed by atoms with E-state index in [0.717, 1.165) is 11.8 Å². The van der Waals surface area contributed by atoms with Crippen LogP contribution < -0.4 is 4.74 Å². The van der Waals surface area contributed by atoms with Crippen molar-refractivity contribution in [1.29, 1.82) is 0 Å². The highest BCUT2D eigenvalue weighted by molar-refractivity contribution is 8.00. The van der Waals surface area contributed by atoms with E-state index >= 15 is 0 Å². The first-order valence-electron chi connectivity index (χ1n) is 7.51. The third kappa shape index (κ3) is 4.36. The van der Waals surface area contributed by atoms with Gasteiger partial charge in [-0.1, -0.05) is 0 Å². The number of carbonyl (C=O) groups is 3. The number of carboxylic acid groups (broad SMARTS) is 1. The molecule has 0 aliphatic carbocycles. The topological polar surface area (TPSA) is 113 Å². The molecule has 136 valence electrons. The van der Waals surface area contributed by atoms with Gasteiger partial charge in [0.15, 0.2) is 0 Å². The SMILES string of the molecule is COc1cc(O)c2c(c1)C(=O)OCCC(=O)N(C)CCS[C@H]2C(=O)O. The van der Waals surface area contributed by atoms with E-state index in [0.29, 0.717) is 12.3 Å². The number of methoxy groups -OCH3 is 1. The second-order valence-corrected chi connectivity index (χ2v) is 6.61. The summed E-state index contributed by atoms with van der Waals surface area (Å²) in [6.45, 7) is 0.206. The van der Waals surface area contributed by atoms with Gasteiger partial charge in [-0.3, -0.25) is 9.59 Å². The van der Waals surface area contributed by atoms with Gasteiger partial charge in [-0.25, -0.2) is 4.79 Å². The average molecular weight is 369 g/mol. The fraction of sp³-hybridized carbons (Fsp3) is 0.438. The number of cyclic esters (lactones) is 1. The normalized spacial score (nSPS) is 19.3. The largest absolute Gasteiger partial charge is 0.507 e. The van der Waals surface area contributed by atoms with E-state index in [1.807, 2.05) is 0 Å². The number of hydrogen-bond donors (Lipinski definition) is 2. The first-order valence-corrected chi connectivity index (χ1v) is 8.56. The van der Waals surface area contributed by atoms with Crippen molar-refractivity contribution in [2.75, 3.05) is 33.1 Å². The Morgan fingerprint density at radius 2 is 2.12 bits per heavy atom. The zero-order chi connectivity index (χ0) is 18.6. The van der Waals surface area contributed by atoms with Crippen molar-refractivity contribution in [3.05, 3.63) is 23.3 Å².